The van der Waals surface area contributed by atoms with Crippen LogP contribution in [0.5, 0.6) is 17.2 Å². The number of amides is 2. The van der Waals surface area contributed by atoms with Crippen molar-refractivity contribution < 1.29 is 28.6 Å². The molecule has 1 saturated carbocycles. The number of nitrogens with one attached hydrogen (secondary N) is 3. The summed E-state index contributed by atoms with van der Waals surface area (Å²) in [4.78, 5) is 57.0. The molecule has 4 atom stereocenters. The Kier molecular flexibility index (Phi) is 19.2. The molecule has 2 amide bonds. The molecular weight excluding hydrogens is 955 g/mol. The second-order valence-electron chi connectivity index (χ2n) is 18.6. The Labute approximate surface area is 420 Å². The molecule has 3 aromatic carbocycles. The van der Waals surface area contributed by atoms with E-state index in [9.17, 15) is 14.4 Å². The van der Waals surface area contributed by atoms with Crippen LogP contribution in [0.2, 0.25) is 0 Å². The number of ketones is 1. The number of rotatable bonds is 25. The van der Waals surface area contributed by atoms with E-state index in [1.165, 1.54) is 24.2 Å². The van der Waals surface area contributed by atoms with Gasteiger partial charge in [-0.05, 0) is 108 Å². The van der Waals surface area contributed by atoms with Crippen LogP contribution in [0.1, 0.15) is 155 Å². The fraction of sp³-hybridized carbons (Fsp3) is 0.519. The predicted molar refractivity (Wildman–Crippen MR) is 278 cm³/mol. The lowest BCUT2D eigenvalue weighted by Gasteiger charge is -2.35. The van der Waals surface area contributed by atoms with Crippen molar-refractivity contribution in [2.45, 2.75) is 141 Å². The molecule has 0 bridgehead atoms. The van der Waals surface area contributed by atoms with Gasteiger partial charge in [-0.15, -0.1) is 11.3 Å². The Morgan fingerprint density at radius 2 is 1.55 bits per heavy atom. The molecule has 1 aliphatic heterocycles. The summed E-state index contributed by atoms with van der Waals surface area (Å²) >= 11 is 5.00. The second-order valence-corrected chi connectivity index (χ2v) is 20.4. The summed E-state index contributed by atoms with van der Waals surface area (Å²) in [6, 6.07) is 18.4. The van der Waals surface area contributed by atoms with Crippen LogP contribution < -0.4 is 30.2 Å². The van der Waals surface area contributed by atoms with E-state index >= 15 is 0 Å². The molecule has 2 aromatic heterocycles. The van der Waals surface area contributed by atoms with Crippen LogP contribution in [-0.2, 0) is 9.59 Å². The number of nitrogens with zero attached hydrogens (tertiary/aromatic N) is 4. The SMILES string of the molecule is CN[C@@H](C)C(=O)N[C@H](C(=O)N1CCC[C@H]1c1nc(C(=O)c2cccc(OCCCCCCCCCCOc3cc4nc(C)nc(N[C@H](C)c5cccc(Br)c5)c4cc3OC)c2)cs1)C1CCCCC1. The molecule has 1 saturated heterocycles. The Hall–Kier alpha value is -5.12. The Bertz CT molecular complexity index is 2500. The summed E-state index contributed by atoms with van der Waals surface area (Å²) in [5.74, 6) is 3.21. The Morgan fingerprint density at radius 1 is 0.826 bits per heavy atom. The molecule has 0 spiro atoms. The van der Waals surface area contributed by atoms with E-state index in [1.54, 1.807) is 38.6 Å². The fourth-order valence-electron chi connectivity index (χ4n) is 9.48. The third kappa shape index (κ3) is 14.0. The van der Waals surface area contributed by atoms with Crippen LogP contribution in [0.25, 0.3) is 10.9 Å². The average molecular weight is 1030 g/mol. The number of halogens is 1. The third-order valence-corrected chi connectivity index (χ3v) is 15.0. The maximum atomic E-state index is 14.2. The van der Waals surface area contributed by atoms with Gasteiger partial charge in [-0.2, -0.15) is 0 Å². The standard InChI is InChI=1S/C54H70BrN7O6S/c1-35(39-22-17-24-41(55)30-39)57-51-43-32-47(66-5)48(33-44(43)58-37(3)59-51)68-29-16-11-9-7-6-8-10-15-28-67-42-25-18-23-40(31-42)50(63)45-34-69-53(60-45)46-26-19-27-62(46)54(65)49(38-20-13-12-14-21-38)61-52(64)36(2)56-4/h17-18,22-25,30-36,38,46,49,56H,6-16,19-21,26-29H2,1-5H3,(H,61,64)(H,57,58,59)/t35-,36+,46+,49+/m1/s1. The molecule has 3 N–H and O–H groups in total. The number of benzene rings is 3. The molecule has 5 aromatic rings. The molecule has 2 fully saturated rings. The van der Waals surface area contributed by atoms with Crippen LogP contribution >= 0.6 is 27.3 Å². The number of hydrogen-bond acceptors (Lipinski definition) is 12. The number of aryl methyl sites for hydroxylation is 1. The van der Waals surface area contributed by atoms with Crippen LogP contribution in [0.3, 0.4) is 0 Å². The first-order valence-electron chi connectivity index (χ1n) is 25.0. The minimum atomic E-state index is -0.562. The minimum Gasteiger partial charge on any atom is -0.494 e. The zero-order valence-electron chi connectivity index (χ0n) is 41.0. The second kappa shape index (κ2) is 25.7. The van der Waals surface area contributed by atoms with Crippen molar-refractivity contribution >= 4 is 61.6 Å². The topological polar surface area (TPSA) is 157 Å². The predicted octanol–water partition coefficient (Wildman–Crippen LogP) is 11.5. The van der Waals surface area contributed by atoms with Gasteiger partial charge in [0.05, 0.1) is 44.0 Å². The van der Waals surface area contributed by atoms with Crippen molar-refractivity contribution in [2.75, 3.05) is 39.2 Å². The first kappa shape index (κ1) is 51.7. The number of fused-ring (bicyclic) bond motifs is 1. The van der Waals surface area contributed by atoms with Crippen molar-refractivity contribution in [1.82, 2.24) is 30.5 Å². The van der Waals surface area contributed by atoms with Gasteiger partial charge in [0, 0.05) is 33.4 Å². The van der Waals surface area contributed by atoms with Gasteiger partial charge in [-0.25, -0.2) is 15.0 Å². The Morgan fingerprint density at radius 3 is 2.28 bits per heavy atom. The van der Waals surface area contributed by atoms with Crippen molar-refractivity contribution in [1.29, 1.82) is 0 Å². The fourth-order valence-corrected chi connectivity index (χ4v) is 10.8. The average Bonchev–Trinajstić information content (AvgIpc) is 4.06. The molecule has 7 rings (SSSR count). The van der Waals surface area contributed by atoms with Gasteiger partial charge < -0.3 is 35.1 Å². The van der Waals surface area contributed by atoms with E-state index in [-0.39, 0.29) is 35.6 Å². The zero-order valence-corrected chi connectivity index (χ0v) is 43.4. The van der Waals surface area contributed by atoms with Crippen LogP contribution in [-0.4, -0.2) is 83.4 Å². The van der Waals surface area contributed by atoms with Crippen LogP contribution in [0.4, 0.5) is 5.82 Å². The molecule has 2 aliphatic rings. The summed E-state index contributed by atoms with van der Waals surface area (Å²) in [5.41, 5.74) is 2.86. The number of unbranched alkanes of at least 4 members (excludes halogenated alkanes) is 7. The number of likely N-dealkylation sites (N-methyl/N-ethyl adjacent to an activating group) is 1. The molecule has 3 heterocycles. The molecule has 15 heteroatoms. The third-order valence-electron chi connectivity index (χ3n) is 13.5. The van der Waals surface area contributed by atoms with Gasteiger partial charge in [0.2, 0.25) is 17.6 Å². The zero-order chi connectivity index (χ0) is 48.7. The summed E-state index contributed by atoms with van der Waals surface area (Å²) < 4.78 is 19.1. The number of carbonyl (C=O) groups excluding carboxylic acids is 3. The van der Waals surface area contributed by atoms with Gasteiger partial charge >= 0.3 is 0 Å². The van der Waals surface area contributed by atoms with Gasteiger partial charge in [0.25, 0.3) is 0 Å². The lowest BCUT2D eigenvalue weighted by molar-refractivity contribution is -0.139. The van der Waals surface area contributed by atoms with E-state index < -0.39 is 12.1 Å². The number of thiazole rings is 1. The van der Waals surface area contributed by atoms with Gasteiger partial charge in [-0.3, -0.25) is 14.4 Å². The molecule has 370 valence electrons. The monoisotopic (exact) mass is 1020 g/mol. The lowest BCUT2D eigenvalue weighted by atomic mass is 9.83. The van der Waals surface area contributed by atoms with Gasteiger partial charge in [-0.1, -0.05) is 98.0 Å². The summed E-state index contributed by atoms with van der Waals surface area (Å²) in [6.07, 6.45) is 15.5. The van der Waals surface area contributed by atoms with Gasteiger partial charge in [0.1, 0.15) is 34.1 Å². The van der Waals surface area contributed by atoms with E-state index in [0.29, 0.717) is 54.1 Å². The van der Waals surface area contributed by atoms with Crippen molar-refractivity contribution in [2.24, 2.45) is 5.92 Å². The van der Waals surface area contributed by atoms with Crippen LogP contribution in [0.15, 0.2) is 70.5 Å². The molecule has 13 nitrogen and oxygen atoms in total. The first-order valence-corrected chi connectivity index (χ1v) is 26.7. The molecule has 0 radical (unpaired) electrons. The number of methoxy groups -OCH3 is 1. The normalized spacial score (nSPS) is 16.5. The number of anilines is 1. The molecule has 0 unspecified atom stereocenters. The summed E-state index contributed by atoms with van der Waals surface area (Å²) in [6.45, 7) is 7.63. The molecular formula is C54H70BrN7O6S. The number of ether oxygens (including phenoxy) is 3. The number of aromatic nitrogens is 3. The number of likely N-dealkylation sites (tertiary alicyclic amines) is 1. The first-order chi connectivity index (χ1) is 33.5. The summed E-state index contributed by atoms with van der Waals surface area (Å²) in [7, 11) is 3.41. The van der Waals surface area contributed by atoms with E-state index in [4.69, 9.17) is 29.2 Å². The smallest absolute Gasteiger partial charge is 0.246 e. The Balaban J connectivity index is 0.801. The van der Waals surface area contributed by atoms with E-state index in [2.05, 4.69) is 50.9 Å². The quantitative estimate of drug-likeness (QED) is 0.0378. The maximum Gasteiger partial charge on any atom is 0.246 e. The van der Waals surface area contributed by atoms with Crippen molar-refractivity contribution in [3.8, 4) is 17.2 Å². The number of hydrogen-bond donors (Lipinski definition) is 3. The highest BCUT2D eigenvalue weighted by atomic mass is 79.9. The highest BCUT2D eigenvalue weighted by Crippen LogP contribution is 2.38. The largest absolute Gasteiger partial charge is 0.494 e. The lowest BCUT2D eigenvalue weighted by Crippen LogP contribution is -2.55. The van der Waals surface area contributed by atoms with Crippen LogP contribution in [0, 0.1) is 12.8 Å². The van der Waals surface area contributed by atoms with E-state index in [1.807, 2.05) is 48.2 Å². The highest BCUT2D eigenvalue weighted by molar-refractivity contribution is 9.10. The van der Waals surface area contributed by atoms with E-state index in [0.717, 1.165) is 115 Å². The molecule has 1 aliphatic carbocycles. The number of carbonyl (C=O) groups is 3. The summed E-state index contributed by atoms with van der Waals surface area (Å²) in [5, 5.41) is 13.1. The molecule has 69 heavy (non-hydrogen) atoms. The van der Waals surface area contributed by atoms with Crippen molar-refractivity contribution in [3.05, 3.63) is 98.2 Å². The highest BCUT2D eigenvalue weighted by Gasteiger charge is 2.40. The van der Waals surface area contributed by atoms with Gasteiger partial charge in [0.15, 0.2) is 11.5 Å². The maximum absolute atomic E-state index is 14.2. The minimum absolute atomic E-state index is 0.0369. The van der Waals surface area contributed by atoms with Crippen molar-refractivity contribution in [3.63, 3.8) is 0 Å².